The minimum atomic E-state index is -3.72. The highest BCUT2D eigenvalue weighted by Crippen LogP contribution is 2.21. The average molecular weight is 347 g/mol. The fourth-order valence-corrected chi connectivity index (χ4v) is 2.90. The predicted molar refractivity (Wildman–Crippen MR) is 78.6 cm³/mol. The Morgan fingerprint density at radius 3 is 2.60 bits per heavy atom. The minimum Gasteiger partial charge on any atom is -0.383 e. The molecule has 0 radical (unpaired) electrons. The van der Waals surface area contributed by atoms with E-state index in [2.05, 4.69) is 10.0 Å². The van der Waals surface area contributed by atoms with Crippen LogP contribution in [0.5, 0.6) is 0 Å². The van der Waals surface area contributed by atoms with E-state index in [0.717, 1.165) is 18.2 Å². The summed E-state index contributed by atoms with van der Waals surface area (Å²) >= 11 is 5.70. The van der Waals surface area contributed by atoms with Gasteiger partial charge in [-0.05, 0) is 18.2 Å². The lowest BCUT2D eigenvalue weighted by molar-refractivity contribution is 0.199. The van der Waals surface area contributed by atoms with Crippen LogP contribution in [0.4, 0.5) is 4.39 Å². The van der Waals surface area contributed by atoms with Crippen molar-refractivity contribution in [2.24, 2.45) is 0 Å². The van der Waals surface area contributed by atoms with E-state index in [4.69, 9.17) is 16.3 Å². The highest BCUT2D eigenvalue weighted by atomic mass is 35.5. The Labute approximate surface area is 129 Å². The SMILES string of the molecule is COCCNCCNS(=O)(=O)c1ccc(F)cc1Cl.Cl. The van der Waals surface area contributed by atoms with Crippen molar-refractivity contribution in [1.29, 1.82) is 0 Å². The standard InChI is InChI=1S/C11H16ClFN2O3S.ClH/c1-18-7-6-14-4-5-15-19(16,17)11-3-2-9(13)8-10(11)12;/h2-3,8,14-15H,4-7H2,1H3;1H. The van der Waals surface area contributed by atoms with Gasteiger partial charge in [0.25, 0.3) is 0 Å². The summed E-state index contributed by atoms with van der Waals surface area (Å²) in [5.74, 6) is -0.579. The molecule has 0 aliphatic heterocycles. The molecule has 0 fully saturated rings. The van der Waals surface area contributed by atoms with Crippen LogP contribution >= 0.6 is 24.0 Å². The van der Waals surface area contributed by atoms with Crippen LogP contribution in [-0.4, -0.2) is 41.8 Å². The number of sulfonamides is 1. The summed E-state index contributed by atoms with van der Waals surface area (Å²) in [5.41, 5.74) is 0. The predicted octanol–water partition coefficient (Wildman–Crippen LogP) is 1.42. The van der Waals surface area contributed by atoms with Gasteiger partial charge in [-0.15, -0.1) is 12.4 Å². The first-order valence-corrected chi connectivity index (χ1v) is 7.48. The van der Waals surface area contributed by atoms with E-state index in [1.807, 2.05) is 0 Å². The summed E-state index contributed by atoms with van der Waals surface area (Å²) in [6.45, 7) is 1.85. The molecule has 0 saturated heterocycles. The first-order chi connectivity index (χ1) is 8.97. The monoisotopic (exact) mass is 346 g/mol. The van der Waals surface area contributed by atoms with Crippen LogP contribution in [-0.2, 0) is 14.8 Å². The number of halogens is 3. The molecular weight excluding hydrogens is 330 g/mol. The number of rotatable bonds is 8. The summed E-state index contributed by atoms with van der Waals surface area (Å²) in [5, 5.41) is 2.85. The zero-order chi connectivity index (χ0) is 14.3. The average Bonchev–Trinajstić information content (AvgIpc) is 2.33. The van der Waals surface area contributed by atoms with Crippen LogP contribution in [0.25, 0.3) is 0 Å². The zero-order valence-corrected chi connectivity index (χ0v) is 13.2. The van der Waals surface area contributed by atoms with Crippen LogP contribution in [0.15, 0.2) is 23.1 Å². The van der Waals surface area contributed by atoms with E-state index in [1.165, 1.54) is 0 Å². The van der Waals surface area contributed by atoms with E-state index in [9.17, 15) is 12.8 Å². The lowest BCUT2D eigenvalue weighted by Gasteiger charge is -2.09. The van der Waals surface area contributed by atoms with Crippen LogP contribution in [0.1, 0.15) is 0 Å². The second-order valence-electron chi connectivity index (χ2n) is 3.72. The topological polar surface area (TPSA) is 67.4 Å². The second kappa shape index (κ2) is 9.49. The van der Waals surface area contributed by atoms with Crippen LogP contribution in [0.3, 0.4) is 0 Å². The van der Waals surface area contributed by atoms with Gasteiger partial charge in [0.15, 0.2) is 0 Å². The Kier molecular flexibility index (Phi) is 9.28. The number of ether oxygens (including phenoxy) is 1. The Balaban J connectivity index is 0.00000361. The molecular formula is C11H17Cl2FN2O3S. The summed E-state index contributed by atoms with van der Waals surface area (Å²) in [4.78, 5) is -0.132. The van der Waals surface area contributed by atoms with Crippen molar-refractivity contribution in [3.63, 3.8) is 0 Å². The number of nitrogens with one attached hydrogen (secondary N) is 2. The molecule has 0 spiro atoms. The summed E-state index contributed by atoms with van der Waals surface area (Å²) < 4.78 is 43.8. The Morgan fingerprint density at radius 1 is 1.30 bits per heavy atom. The molecule has 0 saturated carbocycles. The Hall–Kier alpha value is -0.440. The number of hydrogen-bond donors (Lipinski definition) is 2. The zero-order valence-electron chi connectivity index (χ0n) is 10.9. The van der Waals surface area contributed by atoms with Gasteiger partial charge in [0.05, 0.1) is 11.6 Å². The fraction of sp³-hybridized carbons (Fsp3) is 0.455. The van der Waals surface area contributed by atoms with Crippen molar-refractivity contribution in [3.8, 4) is 0 Å². The molecule has 9 heteroatoms. The fourth-order valence-electron chi connectivity index (χ4n) is 1.34. The van der Waals surface area contributed by atoms with Gasteiger partial charge in [-0.2, -0.15) is 0 Å². The number of hydrogen-bond acceptors (Lipinski definition) is 4. The molecule has 0 aromatic heterocycles. The van der Waals surface area contributed by atoms with Gasteiger partial charge in [0.2, 0.25) is 10.0 Å². The normalized spacial score (nSPS) is 11.2. The maximum Gasteiger partial charge on any atom is 0.242 e. The molecule has 5 nitrogen and oxygen atoms in total. The van der Waals surface area contributed by atoms with Crippen molar-refractivity contribution >= 4 is 34.0 Å². The summed E-state index contributed by atoms with van der Waals surface area (Å²) in [7, 11) is -2.14. The van der Waals surface area contributed by atoms with Gasteiger partial charge in [-0.25, -0.2) is 17.5 Å². The second-order valence-corrected chi connectivity index (χ2v) is 5.86. The minimum absolute atomic E-state index is 0. The van der Waals surface area contributed by atoms with Gasteiger partial charge < -0.3 is 10.1 Å². The largest absolute Gasteiger partial charge is 0.383 e. The van der Waals surface area contributed by atoms with E-state index in [-0.39, 0.29) is 28.9 Å². The van der Waals surface area contributed by atoms with Crippen molar-refractivity contribution in [1.82, 2.24) is 10.0 Å². The highest BCUT2D eigenvalue weighted by molar-refractivity contribution is 7.89. The molecule has 116 valence electrons. The van der Waals surface area contributed by atoms with E-state index >= 15 is 0 Å². The molecule has 0 aliphatic rings. The van der Waals surface area contributed by atoms with Gasteiger partial charge in [-0.1, -0.05) is 11.6 Å². The molecule has 0 aliphatic carbocycles. The van der Waals surface area contributed by atoms with Gasteiger partial charge in [-0.3, -0.25) is 0 Å². The van der Waals surface area contributed by atoms with Crippen LogP contribution in [0.2, 0.25) is 5.02 Å². The molecule has 0 amide bonds. The highest BCUT2D eigenvalue weighted by Gasteiger charge is 2.17. The summed E-state index contributed by atoms with van der Waals surface area (Å²) in [6.07, 6.45) is 0. The van der Waals surface area contributed by atoms with E-state index in [1.54, 1.807) is 7.11 Å². The van der Waals surface area contributed by atoms with Crippen LogP contribution in [0, 0.1) is 5.82 Å². The third-order valence-electron chi connectivity index (χ3n) is 2.26. The third-order valence-corrected chi connectivity index (χ3v) is 4.20. The molecule has 1 rings (SSSR count). The van der Waals surface area contributed by atoms with Crippen LogP contribution < -0.4 is 10.0 Å². The molecule has 0 bridgehead atoms. The molecule has 2 N–H and O–H groups in total. The van der Waals surface area contributed by atoms with Crippen molar-refractivity contribution in [2.45, 2.75) is 4.90 Å². The molecule has 0 heterocycles. The van der Waals surface area contributed by atoms with Crippen molar-refractivity contribution in [2.75, 3.05) is 33.4 Å². The van der Waals surface area contributed by atoms with E-state index in [0.29, 0.717) is 19.7 Å². The lowest BCUT2D eigenvalue weighted by Crippen LogP contribution is -2.33. The smallest absolute Gasteiger partial charge is 0.242 e. The Morgan fingerprint density at radius 2 is 2.00 bits per heavy atom. The maximum absolute atomic E-state index is 12.8. The maximum atomic E-state index is 12.8. The van der Waals surface area contributed by atoms with Gasteiger partial charge >= 0.3 is 0 Å². The molecule has 0 unspecified atom stereocenters. The summed E-state index contributed by atoms with van der Waals surface area (Å²) in [6, 6.07) is 3.16. The van der Waals surface area contributed by atoms with Gasteiger partial charge in [0, 0.05) is 26.7 Å². The quantitative estimate of drug-likeness (QED) is 0.698. The molecule has 1 aromatic rings. The molecule has 1 aromatic carbocycles. The third kappa shape index (κ3) is 6.34. The lowest BCUT2D eigenvalue weighted by atomic mass is 10.3. The first-order valence-electron chi connectivity index (χ1n) is 5.62. The molecule has 20 heavy (non-hydrogen) atoms. The van der Waals surface area contributed by atoms with Gasteiger partial charge in [0.1, 0.15) is 10.7 Å². The molecule has 0 atom stereocenters. The Bertz CT molecular complexity index is 514. The van der Waals surface area contributed by atoms with Crippen molar-refractivity contribution < 1.29 is 17.5 Å². The van der Waals surface area contributed by atoms with Crippen molar-refractivity contribution in [3.05, 3.63) is 29.0 Å². The first kappa shape index (κ1) is 19.6. The number of benzene rings is 1. The van der Waals surface area contributed by atoms with E-state index < -0.39 is 15.8 Å². The number of methoxy groups -OCH3 is 1.